The molecule has 0 fully saturated rings. The van der Waals surface area contributed by atoms with Crippen LogP contribution >= 0.6 is 28.1 Å². The van der Waals surface area contributed by atoms with Gasteiger partial charge in [-0.15, -0.1) is 0 Å². The molecule has 0 saturated heterocycles. The largest absolute Gasteiger partial charge is 0.389 e. The quantitative estimate of drug-likeness (QED) is 0.880. The lowest BCUT2D eigenvalue weighted by atomic mass is 10.1. The molecule has 0 aliphatic heterocycles. The molecule has 0 saturated carbocycles. The molecule has 1 heterocycles. The summed E-state index contributed by atoms with van der Waals surface area (Å²) in [7, 11) is 0. The fourth-order valence-electron chi connectivity index (χ4n) is 1.63. The first-order chi connectivity index (χ1) is 8.49. The Kier molecular flexibility index (Phi) is 3.82. The fourth-order valence-corrected chi connectivity index (χ4v) is 2.31. The van der Waals surface area contributed by atoms with Gasteiger partial charge in [-0.05, 0) is 46.1 Å². The second-order valence-electron chi connectivity index (χ2n) is 4.37. The molecule has 94 valence electrons. The zero-order chi connectivity index (χ0) is 13.3. The molecule has 0 bridgehead atoms. The molecule has 1 aromatic carbocycles. The van der Waals surface area contributed by atoms with Gasteiger partial charge in [0.15, 0.2) is 0 Å². The number of hydrogen-bond donors (Lipinski definition) is 1. The first-order valence-corrected chi connectivity index (χ1v) is 6.84. The van der Waals surface area contributed by atoms with Crippen molar-refractivity contribution in [1.82, 2.24) is 9.78 Å². The number of rotatable bonds is 3. The zero-order valence-corrected chi connectivity index (χ0v) is 12.6. The standard InChI is InChI=1S/C13H14BrN3S/c1-8(2)11-5-6-17(16-11)12-4-3-9(13(15)18)7-10(12)14/h3-8H,1-2H3,(H2,15,18). The highest BCUT2D eigenvalue weighted by Crippen LogP contribution is 2.23. The Morgan fingerprint density at radius 2 is 2.11 bits per heavy atom. The van der Waals surface area contributed by atoms with Gasteiger partial charge >= 0.3 is 0 Å². The van der Waals surface area contributed by atoms with Crippen molar-refractivity contribution in [1.29, 1.82) is 0 Å². The molecular weight excluding hydrogens is 310 g/mol. The molecule has 0 radical (unpaired) electrons. The van der Waals surface area contributed by atoms with Crippen molar-refractivity contribution in [2.24, 2.45) is 5.73 Å². The van der Waals surface area contributed by atoms with Gasteiger partial charge < -0.3 is 5.73 Å². The Hall–Kier alpha value is -1.20. The summed E-state index contributed by atoms with van der Waals surface area (Å²) in [5.41, 5.74) is 8.49. The molecule has 2 N–H and O–H groups in total. The van der Waals surface area contributed by atoms with Crippen LogP contribution in [-0.2, 0) is 0 Å². The van der Waals surface area contributed by atoms with Crippen LogP contribution < -0.4 is 5.73 Å². The summed E-state index contributed by atoms with van der Waals surface area (Å²) in [4.78, 5) is 0.394. The molecule has 0 unspecified atom stereocenters. The van der Waals surface area contributed by atoms with Crippen molar-refractivity contribution in [3.63, 3.8) is 0 Å². The maximum Gasteiger partial charge on any atom is 0.104 e. The molecular formula is C13H14BrN3S. The normalized spacial score (nSPS) is 10.9. The molecule has 0 spiro atoms. The van der Waals surface area contributed by atoms with E-state index in [4.69, 9.17) is 18.0 Å². The van der Waals surface area contributed by atoms with Crippen molar-refractivity contribution in [2.45, 2.75) is 19.8 Å². The summed E-state index contributed by atoms with van der Waals surface area (Å²) in [6, 6.07) is 7.79. The van der Waals surface area contributed by atoms with Crippen LogP contribution in [0.4, 0.5) is 0 Å². The Labute approximate surface area is 120 Å². The Morgan fingerprint density at radius 3 is 2.61 bits per heavy atom. The monoisotopic (exact) mass is 323 g/mol. The number of aromatic nitrogens is 2. The van der Waals surface area contributed by atoms with Crippen LogP contribution in [0.1, 0.15) is 31.0 Å². The van der Waals surface area contributed by atoms with E-state index in [1.807, 2.05) is 35.1 Å². The number of benzene rings is 1. The van der Waals surface area contributed by atoms with Gasteiger partial charge in [-0.3, -0.25) is 0 Å². The molecule has 18 heavy (non-hydrogen) atoms. The lowest BCUT2D eigenvalue weighted by molar-refractivity contribution is 0.767. The lowest BCUT2D eigenvalue weighted by Crippen LogP contribution is -2.09. The molecule has 1 aromatic heterocycles. The summed E-state index contributed by atoms with van der Waals surface area (Å²) in [6.45, 7) is 4.25. The van der Waals surface area contributed by atoms with Gasteiger partial charge in [0.25, 0.3) is 0 Å². The minimum atomic E-state index is 0.394. The number of halogens is 1. The maximum absolute atomic E-state index is 5.60. The van der Waals surface area contributed by atoms with Gasteiger partial charge in [0.05, 0.1) is 11.4 Å². The van der Waals surface area contributed by atoms with Crippen molar-refractivity contribution >= 4 is 33.1 Å². The Bertz CT molecular complexity index is 590. The fraction of sp³-hybridized carbons (Fsp3) is 0.231. The summed E-state index contributed by atoms with van der Waals surface area (Å²) in [5, 5.41) is 4.54. The average Bonchev–Trinajstić information content (AvgIpc) is 2.78. The third-order valence-corrected chi connectivity index (χ3v) is 3.55. The van der Waals surface area contributed by atoms with Crippen molar-refractivity contribution in [2.75, 3.05) is 0 Å². The average molecular weight is 324 g/mol. The molecule has 2 rings (SSSR count). The second kappa shape index (κ2) is 5.20. The zero-order valence-electron chi connectivity index (χ0n) is 10.2. The van der Waals surface area contributed by atoms with Crippen LogP contribution in [0.5, 0.6) is 0 Å². The molecule has 0 aliphatic carbocycles. The van der Waals surface area contributed by atoms with Gasteiger partial charge in [0, 0.05) is 16.2 Å². The van der Waals surface area contributed by atoms with E-state index in [-0.39, 0.29) is 0 Å². The highest BCUT2D eigenvalue weighted by atomic mass is 79.9. The van der Waals surface area contributed by atoms with E-state index in [2.05, 4.69) is 34.9 Å². The third kappa shape index (κ3) is 2.62. The van der Waals surface area contributed by atoms with E-state index in [0.717, 1.165) is 21.4 Å². The van der Waals surface area contributed by atoms with Crippen molar-refractivity contribution in [3.8, 4) is 5.69 Å². The van der Waals surface area contributed by atoms with Gasteiger partial charge in [-0.1, -0.05) is 26.1 Å². The van der Waals surface area contributed by atoms with E-state index in [0.29, 0.717) is 10.9 Å². The Balaban J connectivity index is 2.41. The number of nitrogens with two attached hydrogens (primary N) is 1. The Morgan fingerprint density at radius 1 is 1.39 bits per heavy atom. The van der Waals surface area contributed by atoms with Gasteiger partial charge in [0.1, 0.15) is 4.99 Å². The summed E-state index contributed by atoms with van der Waals surface area (Å²) in [6.07, 6.45) is 1.95. The minimum Gasteiger partial charge on any atom is -0.389 e. The minimum absolute atomic E-state index is 0.394. The molecule has 0 amide bonds. The molecule has 3 nitrogen and oxygen atoms in total. The van der Waals surface area contributed by atoms with Crippen LogP contribution in [0.3, 0.4) is 0 Å². The second-order valence-corrected chi connectivity index (χ2v) is 5.66. The molecule has 2 aromatic rings. The number of thiocarbonyl (C=S) groups is 1. The smallest absolute Gasteiger partial charge is 0.104 e. The molecule has 0 atom stereocenters. The van der Waals surface area contributed by atoms with Crippen LogP contribution in [0.2, 0.25) is 0 Å². The van der Waals surface area contributed by atoms with Crippen molar-refractivity contribution in [3.05, 3.63) is 46.2 Å². The van der Waals surface area contributed by atoms with Crippen LogP contribution in [0.15, 0.2) is 34.9 Å². The maximum atomic E-state index is 5.60. The van der Waals surface area contributed by atoms with E-state index >= 15 is 0 Å². The number of nitrogens with zero attached hydrogens (tertiary/aromatic N) is 2. The first-order valence-electron chi connectivity index (χ1n) is 5.64. The SMILES string of the molecule is CC(C)c1ccn(-c2ccc(C(N)=S)cc2Br)n1. The first kappa shape index (κ1) is 13.2. The predicted molar refractivity (Wildman–Crippen MR) is 81.2 cm³/mol. The van der Waals surface area contributed by atoms with Crippen LogP contribution in [0, 0.1) is 0 Å². The van der Waals surface area contributed by atoms with E-state index < -0.39 is 0 Å². The van der Waals surface area contributed by atoms with E-state index in [9.17, 15) is 0 Å². The lowest BCUT2D eigenvalue weighted by Gasteiger charge is -2.07. The highest BCUT2D eigenvalue weighted by molar-refractivity contribution is 9.10. The van der Waals surface area contributed by atoms with Gasteiger partial charge in [0.2, 0.25) is 0 Å². The van der Waals surface area contributed by atoms with Gasteiger partial charge in [-0.25, -0.2) is 4.68 Å². The van der Waals surface area contributed by atoms with E-state index in [1.54, 1.807) is 0 Å². The van der Waals surface area contributed by atoms with Crippen LogP contribution in [-0.4, -0.2) is 14.8 Å². The molecule has 5 heteroatoms. The summed E-state index contributed by atoms with van der Waals surface area (Å²) < 4.78 is 2.77. The van der Waals surface area contributed by atoms with E-state index in [1.165, 1.54) is 0 Å². The summed E-state index contributed by atoms with van der Waals surface area (Å²) in [5.74, 6) is 0.418. The van der Waals surface area contributed by atoms with Crippen molar-refractivity contribution < 1.29 is 0 Å². The van der Waals surface area contributed by atoms with Crippen LogP contribution in [0.25, 0.3) is 5.69 Å². The third-order valence-electron chi connectivity index (χ3n) is 2.68. The topological polar surface area (TPSA) is 43.8 Å². The van der Waals surface area contributed by atoms with Gasteiger partial charge in [-0.2, -0.15) is 5.10 Å². The highest BCUT2D eigenvalue weighted by Gasteiger charge is 2.08. The number of hydrogen-bond acceptors (Lipinski definition) is 2. The summed E-state index contributed by atoms with van der Waals surface area (Å²) >= 11 is 8.48. The molecule has 0 aliphatic rings. The predicted octanol–water partition coefficient (Wildman–Crippen LogP) is 3.39.